The summed E-state index contributed by atoms with van der Waals surface area (Å²) in [5.74, 6) is -0.595. The second kappa shape index (κ2) is 10.1. The fourth-order valence-corrected chi connectivity index (χ4v) is 6.16. The maximum Gasteiger partial charge on any atom is 0.326 e. The Hall–Kier alpha value is -2.69. The number of hydrogen-bond donors (Lipinski definition) is 1. The summed E-state index contributed by atoms with van der Waals surface area (Å²) in [4.78, 5) is 14.1. The number of nitrogens with one attached hydrogen (secondary N) is 1. The molecule has 8 nitrogen and oxygen atoms in total. The van der Waals surface area contributed by atoms with Crippen molar-refractivity contribution in [3.8, 4) is 5.75 Å². The molecule has 35 heavy (non-hydrogen) atoms. The number of fused-ring (bicyclic) bond motifs is 1. The molecule has 1 amide bonds. The molecular weight excluding hydrogens is 473 g/mol. The third-order valence-corrected chi connectivity index (χ3v) is 8.36. The van der Waals surface area contributed by atoms with Crippen molar-refractivity contribution in [3.63, 3.8) is 0 Å². The lowest BCUT2D eigenvalue weighted by atomic mass is 9.94. The second-order valence-electron chi connectivity index (χ2n) is 9.36. The Balaban J connectivity index is 1.42. The van der Waals surface area contributed by atoms with Gasteiger partial charge >= 0.3 is 10.2 Å². The number of rotatable bonds is 7. The SMILES string of the molecule is O=C1CN(c2c(OCc3ccccc3)cc3c(c2F)CN(CCC2CCOCC2)CC3)S(=O)(=O)N1. The Morgan fingerprint density at radius 2 is 1.91 bits per heavy atom. The van der Waals surface area contributed by atoms with Crippen molar-refractivity contribution in [1.29, 1.82) is 0 Å². The van der Waals surface area contributed by atoms with Crippen LogP contribution in [0.25, 0.3) is 0 Å². The summed E-state index contributed by atoms with van der Waals surface area (Å²) < 4.78 is 55.4. The van der Waals surface area contributed by atoms with E-state index in [4.69, 9.17) is 9.47 Å². The minimum absolute atomic E-state index is 0.126. The van der Waals surface area contributed by atoms with E-state index in [2.05, 4.69) is 4.90 Å². The van der Waals surface area contributed by atoms with Gasteiger partial charge in [-0.15, -0.1) is 0 Å². The van der Waals surface area contributed by atoms with Gasteiger partial charge in [0.15, 0.2) is 5.82 Å². The second-order valence-corrected chi connectivity index (χ2v) is 11.0. The molecular formula is C25H30FN3O5S. The van der Waals surface area contributed by atoms with Crippen LogP contribution >= 0.6 is 0 Å². The summed E-state index contributed by atoms with van der Waals surface area (Å²) in [6.45, 7) is 3.32. The molecule has 3 aliphatic rings. The van der Waals surface area contributed by atoms with E-state index in [1.807, 2.05) is 35.1 Å². The van der Waals surface area contributed by atoms with Gasteiger partial charge in [-0.2, -0.15) is 8.42 Å². The zero-order valence-corrected chi connectivity index (χ0v) is 20.4. The van der Waals surface area contributed by atoms with Gasteiger partial charge in [0.05, 0.1) is 0 Å². The summed E-state index contributed by atoms with van der Waals surface area (Å²) in [5, 5.41) is 0. The van der Waals surface area contributed by atoms with Crippen LogP contribution in [0.15, 0.2) is 36.4 Å². The van der Waals surface area contributed by atoms with Crippen LogP contribution in [0.1, 0.15) is 36.0 Å². The molecule has 0 aliphatic carbocycles. The molecule has 188 valence electrons. The number of nitrogens with zero attached hydrogens (tertiary/aromatic N) is 2. The standard InChI is InChI=1S/C25H30FN3O5S/c26-24-21-15-28(10-6-18-8-12-33-13-9-18)11-7-20(21)14-22(34-17-19-4-2-1-3-5-19)25(24)29-16-23(30)27-35(29,31)32/h1-5,14,18H,6-13,15-17H2,(H,27,30). The molecule has 0 saturated carbocycles. The summed E-state index contributed by atoms with van der Waals surface area (Å²) in [6.07, 6.45) is 3.79. The first-order chi connectivity index (χ1) is 16.9. The van der Waals surface area contributed by atoms with Gasteiger partial charge in [0.25, 0.3) is 5.91 Å². The average Bonchev–Trinajstić information content (AvgIpc) is 3.14. The molecule has 0 radical (unpaired) electrons. The van der Waals surface area contributed by atoms with Gasteiger partial charge in [-0.05, 0) is 55.3 Å². The Kier molecular flexibility index (Phi) is 6.95. The van der Waals surface area contributed by atoms with Crippen LogP contribution in [0, 0.1) is 11.7 Å². The predicted octanol–water partition coefficient (Wildman–Crippen LogP) is 2.76. The van der Waals surface area contributed by atoms with E-state index in [0.29, 0.717) is 24.4 Å². The number of anilines is 1. The highest BCUT2D eigenvalue weighted by Gasteiger charge is 2.39. The van der Waals surface area contributed by atoms with Crippen molar-refractivity contribution in [2.45, 2.75) is 38.8 Å². The van der Waals surface area contributed by atoms with Crippen molar-refractivity contribution >= 4 is 21.8 Å². The van der Waals surface area contributed by atoms with E-state index in [0.717, 1.165) is 61.0 Å². The number of ether oxygens (including phenoxy) is 2. The maximum absolute atomic E-state index is 16.1. The fourth-order valence-electron chi connectivity index (χ4n) is 5.00. The molecule has 2 aromatic rings. The monoisotopic (exact) mass is 503 g/mol. The molecule has 0 unspecified atom stereocenters. The number of amides is 1. The molecule has 0 spiro atoms. The third-order valence-electron chi connectivity index (χ3n) is 6.98. The van der Waals surface area contributed by atoms with Gasteiger partial charge < -0.3 is 9.47 Å². The van der Waals surface area contributed by atoms with E-state index in [1.165, 1.54) is 0 Å². The first-order valence-electron chi connectivity index (χ1n) is 12.0. The van der Waals surface area contributed by atoms with E-state index >= 15 is 4.39 Å². The molecule has 0 bridgehead atoms. The van der Waals surface area contributed by atoms with Crippen molar-refractivity contribution in [2.24, 2.45) is 5.92 Å². The predicted molar refractivity (Wildman–Crippen MR) is 129 cm³/mol. The molecule has 3 aliphatic heterocycles. The highest BCUT2D eigenvalue weighted by molar-refractivity contribution is 7.92. The van der Waals surface area contributed by atoms with Crippen LogP contribution < -0.4 is 13.8 Å². The first-order valence-corrected chi connectivity index (χ1v) is 13.5. The number of carbonyl (C=O) groups excluding carboxylic acids is 1. The summed E-state index contributed by atoms with van der Waals surface area (Å²) in [5.41, 5.74) is 1.95. The highest BCUT2D eigenvalue weighted by atomic mass is 32.2. The molecule has 0 atom stereocenters. The van der Waals surface area contributed by atoms with Crippen LogP contribution in [0.4, 0.5) is 10.1 Å². The quantitative estimate of drug-likeness (QED) is 0.625. The van der Waals surface area contributed by atoms with Gasteiger partial charge in [-0.1, -0.05) is 30.3 Å². The van der Waals surface area contributed by atoms with Crippen LogP contribution in [0.2, 0.25) is 0 Å². The number of halogens is 1. The van der Waals surface area contributed by atoms with Crippen LogP contribution in [-0.2, 0) is 39.3 Å². The van der Waals surface area contributed by atoms with Gasteiger partial charge in [0, 0.05) is 31.9 Å². The summed E-state index contributed by atoms with van der Waals surface area (Å²) >= 11 is 0. The Morgan fingerprint density at radius 3 is 2.63 bits per heavy atom. The van der Waals surface area contributed by atoms with E-state index in [-0.39, 0.29) is 18.0 Å². The van der Waals surface area contributed by atoms with Crippen LogP contribution in [-0.4, -0.2) is 52.1 Å². The average molecular weight is 504 g/mol. The largest absolute Gasteiger partial charge is 0.487 e. The molecule has 5 rings (SSSR count). The van der Waals surface area contributed by atoms with Crippen LogP contribution in [0.5, 0.6) is 5.75 Å². The summed E-state index contributed by atoms with van der Waals surface area (Å²) in [7, 11) is -4.19. The van der Waals surface area contributed by atoms with Gasteiger partial charge in [0.1, 0.15) is 24.6 Å². The first kappa shape index (κ1) is 24.0. The van der Waals surface area contributed by atoms with Gasteiger partial charge in [0.2, 0.25) is 0 Å². The molecule has 2 fully saturated rings. The Morgan fingerprint density at radius 1 is 1.14 bits per heavy atom. The molecule has 2 aromatic carbocycles. The van der Waals surface area contributed by atoms with Crippen LogP contribution in [0.3, 0.4) is 0 Å². The van der Waals surface area contributed by atoms with Crippen molar-refractivity contribution in [1.82, 2.24) is 9.62 Å². The lowest BCUT2D eigenvalue weighted by molar-refractivity contribution is -0.117. The van der Waals surface area contributed by atoms with Crippen molar-refractivity contribution in [2.75, 3.05) is 37.2 Å². The smallest absolute Gasteiger partial charge is 0.326 e. The molecule has 1 N–H and O–H groups in total. The van der Waals surface area contributed by atoms with Crippen molar-refractivity contribution in [3.05, 3.63) is 58.9 Å². The maximum atomic E-state index is 16.1. The molecule has 10 heteroatoms. The van der Waals surface area contributed by atoms with Gasteiger partial charge in [-0.3, -0.25) is 9.69 Å². The minimum atomic E-state index is -4.19. The van der Waals surface area contributed by atoms with E-state index in [1.54, 1.807) is 6.07 Å². The molecule has 3 heterocycles. The summed E-state index contributed by atoms with van der Waals surface area (Å²) in [6, 6.07) is 11.1. The van der Waals surface area contributed by atoms with Crippen molar-refractivity contribution < 1.29 is 27.1 Å². The highest BCUT2D eigenvalue weighted by Crippen LogP contribution is 2.40. The number of benzene rings is 2. The third kappa shape index (κ3) is 5.29. The topological polar surface area (TPSA) is 88.2 Å². The lowest BCUT2D eigenvalue weighted by Gasteiger charge is -2.32. The minimum Gasteiger partial charge on any atom is -0.487 e. The zero-order chi connectivity index (χ0) is 24.4. The lowest BCUT2D eigenvalue weighted by Crippen LogP contribution is -2.35. The van der Waals surface area contributed by atoms with Gasteiger partial charge in [-0.25, -0.2) is 13.4 Å². The number of carbonyl (C=O) groups is 1. The Bertz CT molecular complexity index is 1190. The molecule has 0 aromatic heterocycles. The van der Waals surface area contributed by atoms with E-state index in [9.17, 15) is 13.2 Å². The fraction of sp³-hybridized carbons (Fsp3) is 0.480. The number of hydrogen-bond acceptors (Lipinski definition) is 6. The zero-order valence-electron chi connectivity index (χ0n) is 19.5. The Labute approximate surface area is 205 Å². The molecule has 2 saturated heterocycles. The normalized spacial score (nSPS) is 20.5. The van der Waals surface area contributed by atoms with E-state index < -0.39 is 28.5 Å².